The van der Waals surface area contributed by atoms with Gasteiger partial charge < -0.3 is 9.84 Å². The largest absolute Gasteiger partial charge is 0.391 e. The van der Waals surface area contributed by atoms with Crippen molar-refractivity contribution in [2.75, 3.05) is 6.61 Å². The molecule has 0 saturated carbocycles. The number of aliphatic hydroxyl groups excluding tert-OH is 1. The summed E-state index contributed by atoms with van der Waals surface area (Å²) in [6, 6.07) is 0. The van der Waals surface area contributed by atoms with E-state index in [4.69, 9.17) is 9.84 Å². The molecule has 0 aliphatic rings. The monoisotopic (exact) mass is 229 g/mol. The van der Waals surface area contributed by atoms with Crippen molar-refractivity contribution < 1.29 is 9.84 Å². The molecule has 0 radical (unpaired) electrons. The number of ether oxygens (including phenoxy) is 1. The number of thiazole rings is 1. The van der Waals surface area contributed by atoms with Gasteiger partial charge in [-0.1, -0.05) is 13.8 Å². The van der Waals surface area contributed by atoms with E-state index in [9.17, 15) is 0 Å². The molecule has 0 aliphatic heterocycles. The lowest BCUT2D eigenvalue weighted by molar-refractivity contribution is -0.0506. The second-order valence-corrected chi connectivity index (χ2v) is 4.54. The lowest BCUT2D eigenvalue weighted by atomic mass is 9.98. The van der Waals surface area contributed by atoms with Crippen LogP contribution in [0, 0.1) is 0 Å². The molecule has 0 saturated heterocycles. The van der Waals surface area contributed by atoms with Crippen LogP contribution in [-0.2, 0) is 16.9 Å². The molecule has 0 spiro atoms. The number of hydrogen-bond donors (Lipinski definition) is 1. The lowest BCUT2D eigenvalue weighted by Gasteiger charge is -2.29. The fourth-order valence-corrected chi connectivity index (χ4v) is 2.74. The SMILES string of the molecule is CCOC(CC)(CC)c1ncc(CO)s1. The number of rotatable bonds is 6. The molecule has 1 aromatic heterocycles. The Kier molecular flexibility index (Phi) is 4.70. The van der Waals surface area contributed by atoms with Gasteiger partial charge in [0.05, 0.1) is 11.5 Å². The first-order chi connectivity index (χ1) is 7.22. The summed E-state index contributed by atoms with van der Waals surface area (Å²) in [4.78, 5) is 5.25. The molecule has 0 unspecified atom stereocenters. The Labute approximate surface area is 95.1 Å². The second-order valence-electron chi connectivity index (χ2n) is 3.42. The number of aliphatic hydroxyl groups is 1. The minimum absolute atomic E-state index is 0.0628. The smallest absolute Gasteiger partial charge is 0.125 e. The quantitative estimate of drug-likeness (QED) is 0.815. The van der Waals surface area contributed by atoms with Crippen LogP contribution in [0.1, 0.15) is 43.5 Å². The van der Waals surface area contributed by atoms with Crippen molar-refractivity contribution >= 4 is 11.3 Å². The minimum atomic E-state index is -0.257. The summed E-state index contributed by atoms with van der Waals surface area (Å²) in [6.45, 7) is 6.97. The minimum Gasteiger partial charge on any atom is -0.391 e. The Morgan fingerprint density at radius 1 is 1.40 bits per heavy atom. The van der Waals surface area contributed by atoms with Gasteiger partial charge in [0.2, 0.25) is 0 Å². The molecule has 0 aliphatic carbocycles. The first kappa shape index (κ1) is 12.6. The third-order valence-corrected chi connectivity index (χ3v) is 3.83. The van der Waals surface area contributed by atoms with E-state index in [1.54, 1.807) is 17.5 Å². The third kappa shape index (κ3) is 2.56. The van der Waals surface area contributed by atoms with E-state index < -0.39 is 0 Å². The van der Waals surface area contributed by atoms with Crippen LogP contribution in [0.4, 0.5) is 0 Å². The molecule has 0 bridgehead atoms. The summed E-state index contributed by atoms with van der Waals surface area (Å²) in [7, 11) is 0. The van der Waals surface area contributed by atoms with Gasteiger partial charge in [-0.15, -0.1) is 11.3 Å². The van der Waals surface area contributed by atoms with E-state index in [2.05, 4.69) is 18.8 Å². The Morgan fingerprint density at radius 2 is 2.07 bits per heavy atom. The fourth-order valence-electron chi connectivity index (χ4n) is 1.69. The van der Waals surface area contributed by atoms with E-state index in [1.807, 2.05) is 6.92 Å². The zero-order valence-corrected chi connectivity index (χ0v) is 10.4. The van der Waals surface area contributed by atoms with E-state index in [-0.39, 0.29) is 12.2 Å². The number of aromatic nitrogens is 1. The van der Waals surface area contributed by atoms with Crippen LogP contribution >= 0.6 is 11.3 Å². The Bertz CT molecular complexity index is 295. The van der Waals surface area contributed by atoms with Crippen LogP contribution in [0.2, 0.25) is 0 Å². The van der Waals surface area contributed by atoms with Gasteiger partial charge >= 0.3 is 0 Å². The standard InChI is InChI=1S/C11H19NO2S/c1-4-11(5-2,14-6-3)10-12-7-9(8-13)15-10/h7,13H,4-6,8H2,1-3H3. The van der Waals surface area contributed by atoms with E-state index in [0.29, 0.717) is 6.61 Å². The molecule has 1 rings (SSSR count). The zero-order valence-electron chi connectivity index (χ0n) is 9.62. The molecule has 0 amide bonds. The summed E-state index contributed by atoms with van der Waals surface area (Å²) in [5, 5.41) is 10.0. The van der Waals surface area contributed by atoms with Gasteiger partial charge in [0.1, 0.15) is 10.6 Å². The number of hydrogen-bond acceptors (Lipinski definition) is 4. The van der Waals surface area contributed by atoms with Crippen molar-refractivity contribution in [1.29, 1.82) is 0 Å². The highest BCUT2D eigenvalue weighted by Gasteiger charge is 2.32. The van der Waals surface area contributed by atoms with Gasteiger partial charge in [0, 0.05) is 12.8 Å². The first-order valence-corrected chi connectivity index (χ1v) is 6.24. The van der Waals surface area contributed by atoms with E-state index in [0.717, 1.165) is 22.7 Å². The maximum absolute atomic E-state index is 9.02. The Balaban J connectivity index is 2.96. The Morgan fingerprint density at radius 3 is 2.47 bits per heavy atom. The van der Waals surface area contributed by atoms with Gasteiger partial charge in [-0.05, 0) is 19.8 Å². The van der Waals surface area contributed by atoms with Crippen molar-refractivity contribution in [3.63, 3.8) is 0 Å². The molecule has 1 N–H and O–H groups in total. The predicted octanol–water partition coefficient (Wildman–Crippen LogP) is 2.69. The van der Waals surface area contributed by atoms with Crippen LogP contribution in [0.25, 0.3) is 0 Å². The summed E-state index contributed by atoms with van der Waals surface area (Å²) < 4.78 is 5.84. The molecule has 15 heavy (non-hydrogen) atoms. The van der Waals surface area contributed by atoms with Gasteiger partial charge in [0.25, 0.3) is 0 Å². The maximum Gasteiger partial charge on any atom is 0.125 e. The highest BCUT2D eigenvalue weighted by Crippen LogP contribution is 2.35. The summed E-state index contributed by atoms with van der Waals surface area (Å²) in [5.74, 6) is 0. The van der Waals surface area contributed by atoms with E-state index >= 15 is 0 Å². The molecule has 1 heterocycles. The van der Waals surface area contributed by atoms with Crippen LogP contribution in [-0.4, -0.2) is 16.7 Å². The summed E-state index contributed by atoms with van der Waals surface area (Å²) >= 11 is 1.54. The van der Waals surface area contributed by atoms with Gasteiger partial charge in [-0.3, -0.25) is 0 Å². The van der Waals surface area contributed by atoms with Gasteiger partial charge in [-0.2, -0.15) is 0 Å². The molecule has 1 aromatic rings. The van der Waals surface area contributed by atoms with Crippen LogP contribution in [0.5, 0.6) is 0 Å². The molecule has 86 valence electrons. The molecular weight excluding hydrogens is 210 g/mol. The van der Waals surface area contributed by atoms with Crippen molar-refractivity contribution in [3.8, 4) is 0 Å². The van der Waals surface area contributed by atoms with Crippen molar-refractivity contribution in [2.24, 2.45) is 0 Å². The van der Waals surface area contributed by atoms with Gasteiger partial charge in [-0.25, -0.2) is 4.98 Å². The highest BCUT2D eigenvalue weighted by atomic mass is 32.1. The van der Waals surface area contributed by atoms with E-state index in [1.165, 1.54) is 0 Å². The average Bonchev–Trinajstić information content (AvgIpc) is 2.75. The molecule has 0 aromatic carbocycles. The normalized spacial score (nSPS) is 12.0. The second kappa shape index (κ2) is 5.58. The molecule has 0 fully saturated rings. The van der Waals surface area contributed by atoms with Crippen molar-refractivity contribution in [2.45, 2.75) is 45.8 Å². The van der Waals surface area contributed by atoms with Crippen LogP contribution in [0.15, 0.2) is 6.20 Å². The molecule has 0 atom stereocenters. The summed E-state index contributed by atoms with van der Waals surface area (Å²) in [6.07, 6.45) is 3.56. The van der Waals surface area contributed by atoms with Gasteiger partial charge in [0.15, 0.2) is 0 Å². The predicted molar refractivity (Wildman–Crippen MR) is 61.9 cm³/mol. The Hall–Kier alpha value is -0.450. The lowest BCUT2D eigenvalue weighted by Crippen LogP contribution is -2.28. The van der Waals surface area contributed by atoms with Crippen LogP contribution in [0.3, 0.4) is 0 Å². The highest BCUT2D eigenvalue weighted by molar-refractivity contribution is 7.11. The fraction of sp³-hybridized carbons (Fsp3) is 0.727. The molecule has 4 heteroatoms. The molecule has 3 nitrogen and oxygen atoms in total. The van der Waals surface area contributed by atoms with Crippen LogP contribution < -0.4 is 0 Å². The topological polar surface area (TPSA) is 42.4 Å². The maximum atomic E-state index is 9.02. The zero-order chi connectivity index (χ0) is 11.3. The third-order valence-electron chi connectivity index (χ3n) is 2.66. The number of nitrogens with zero attached hydrogens (tertiary/aromatic N) is 1. The molecular formula is C11H19NO2S. The summed E-state index contributed by atoms with van der Waals surface area (Å²) in [5.41, 5.74) is -0.257. The average molecular weight is 229 g/mol. The van der Waals surface area contributed by atoms with Crippen molar-refractivity contribution in [3.05, 3.63) is 16.1 Å². The van der Waals surface area contributed by atoms with Crippen molar-refractivity contribution in [1.82, 2.24) is 4.98 Å². The first-order valence-electron chi connectivity index (χ1n) is 5.42.